The van der Waals surface area contributed by atoms with Crippen LogP contribution in [0.25, 0.3) is 5.70 Å². The summed E-state index contributed by atoms with van der Waals surface area (Å²) in [5.74, 6) is -2.04. The van der Waals surface area contributed by atoms with E-state index < -0.39 is 32.9 Å². The van der Waals surface area contributed by atoms with Gasteiger partial charge in [0.05, 0.1) is 17.0 Å². The molecule has 0 spiro atoms. The van der Waals surface area contributed by atoms with E-state index >= 15 is 0 Å². The molecule has 1 unspecified atom stereocenters. The highest BCUT2D eigenvalue weighted by Gasteiger charge is 2.47. The molecule has 0 heterocycles. The molecular weight excluding hydrogens is 499 g/mol. The maximum Gasteiger partial charge on any atom is 0.218 e. The largest absolute Gasteiger partial charge is 0.218 e. The van der Waals surface area contributed by atoms with E-state index in [0.717, 1.165) is 12.8 Å². The smallest absolute Gasteiger partial charge is 0.212 e. The molecular formula is C28H36F3N3O2S. The van der Waals surface area contributed by atoms with Gasteiger partial charge in [0, 0.05) is 20.1 Å². The van der Waals surface area contributed by atoms with Crippen molar-refractivity contribution in [3.8, 4) is 0 Å². The summed E-state index contributed by atoms with van der Waals surface area (Å²) in [6, 6.07) is 9.26. The SMILES string of the molecule is CCN(CC1(C)CC[C@H](C(C)C)[C@@H]1/C=C(\N=N/C)c1c(F)cccc1F)S(=O)(=O)Cc1cccc(F)c1. The minimum Gasteiger partial charge on any atom is -0.212 e. The van der Waals surface area contributed by atoms with Gasteiger partial charge in [-0.25, -0.2) is 25.9 Å². The number of benzene rings is 2. The zero-order valence-corrected chi connectivity index (χ0v) is 22.9. The Morgan fingerprint density at radius 2 is 1.81 bits per heavy atom. The third-order valence-electron chi connectivity index (χ3n) is 7.46. The Bertz CT molecular complexity index is 1240. The summed E-state index contributed by atoms with van der Waals surface area (Å²) in [7, 11) is -2.31. The van der Waals surface area contributed by atoms with Crippen LogP contribution in [0.2, 0.25) is 0 Å². The molecule has 1 aliphatic carbocycles. The number of hydrogen-bond acceptors (Lipinski definition) is 4. The third kappa shape index (κ3) is 6.68. The van der Waals surface area contributed by atoms with Crippen LogP contribution in [0.5, 0.6) is 0 Å². The fourth-order valence-electron chi connectivity index (χ4n) is 5.54. The number of nitrogens with zero attached hydrogens (tertiary/aromatic N) is 3. The van der Waals surface area contributed by atoms with Gasteiger partial charge in [0.15, 0.2) is 0 Å². The molecule has 0 N–H and O–H groups in total. The number of sulfonamides is 1. The van der Waals surface area contributed by atoms with Crippen LogP contribution in [-0.4, -0.2) is 32.9 Å². The summed E-state index contributed by atoms with van der Waals surface area (Å²) in [6.45, 7) is 8.47. The van der Waals surface area contributed by atoms with E-state index in [1.807, 2.05) is 6.92 Å². The number of azo groups is 1. The van der Waals surface area contributed by atoms with Crippen molar-refractivity contribution in [2.75, 3.05) is 20.1 Å². The van der Waals surface area contributed by atoms with Gasteiger partial charge in [0.25, 0.3) is 0 Å². The standard InChI is InChI=1S/C28H36F3N3O2S/c1-6-34(37(35,36)17-20-9-7-10-21(29)15-20)18-28(4)14-13-22(19(2)3)23(28)16-26(33-32-5)27-24(30)11-8-12-25(27)31/h7-12,15-16,19,22-23H,6,13-14,17-18H2,1-5H3/b26-16-,33-32-/t22-,23+,28?/m1/s1. The van der Waals surface area contributed by atoms with Crippen LogP contribution in [0.15, 0.2) is 58.8 Å². The summed E-state index contributed by atoms with van der Waals surface area (Å²) < 4.78 is 71.3. The first kappa shape index (κ1) is 29.0. The lowest BCUT2D eigenvalue weighted by Gasteiger charge is -2.37. The lowest BCUT2D eigenvalue weighted by atomic mass is 9.73. The lowest BCUT2D eigenvalue weighted by Crippen LogP contribution is -2.42. The first-order valence-electron chi connectivity index (χ1n) is 12.6. The molecule has 0 bridgehead atoms. The van der Waals surface area contributed by atoms with Crippen molar-refractivity contribution in [3.63, 3.8) is 0 Å². The van der Waals surface area contributed by atoms with E-state index in [9.17, 15) is 21.6 Å². The van der Waals surface area contributed by atoms with Gasteiger partial charge in [-0.1, -0.05) is 52.0 Å². The Balaban J connectivity index is 2.02. The molecule has 0 amide bonds. The van der Waals surface area contributed by atoms with E-state index in [4.69, 9.17) is 0 Å². The van der Waals surface area contributed by atoms with Crippen molar-refractivity contribution in [1.82, 2.24) is 4.31 Å². The Kier molecular flexibility index (Phi) is 9.34. The topological polar surface area (TPSA) is 62.1 Å². The average molecular weight is 536 g/mol. The van der Waals surface area contributed by atoms with Gasteiger partial charge in [0.2, 0.25) is 10.0 Å². The van der Waals surface area contributed by atoms with E-state index in [1.54, 1.807) is 19.1 Å². The Labute approximate surface area is 218 Å². The summed E-state index contributed by atoms with van der Waals surface area (Å²) in [4.78, 5) is 0. The quantitative estimate of drug-likeness (QED) is 0.306. The van der Waals surface area contributed by atoms with Crippen molar-refractivity contribution in [2.45, 2.75) is 46.3 Å². The Morgan fingerprint density at radius 1 is 1.16 bits per heavy atom. The predicted octanol–water partition coefficient (Wildman–Crippen LogP) is 7.07. The van der Waals surface area contributed by atoms with Crippen LogP contribution < -0.4 is 0 Å². The second-order valence-corrected chi connectivity index (χ2v) is 12.4. The van der Waals surface area contributed by atoms with Crippen LogP contribution in [0, 0.1) is 40.6 Å². The molecule has 2 aromatic carbocycles. The van der Waals surface area contributed by atoms with Crippen LogP contribution in [0.4, 0.5) is 13.2 Å². The maximum absolute atomic E-state index is 14.7. The molecule has 0 aliphatic heterocycles. The highest BCUT2D eigenvalue weighted by atomic mass is 32.2. The first-order chi connectivity index (χ1) is 17.4. The van der Waals surface area contributed by atoms with Crippen molar-refractivity contribution in [1.29, 1.82) is 0 Å². The fraction of sp³-hybridized carbons (Fsp3) is 0.500. The van der Waals surface area contributed by atoms with Crippen molar-refractivity contribution < 1.29 is 21.6 Å². The van der Waals surface area contributed by atoms with Crippen LogP contribution >= 0.6 is 0 Å². The van der Waals surface area contributed by atoms with Crippen LogP contribution in [0.3, 0.4) is 0 Å². The molecule has 0 saturated heterocycles. The van der Waals surface area contributed by atoms with E-state index in [-0.39, 0.29) is 47.9 Å². The molecule has 202 valence electrons. The van der Waals surface area contributed by atoms with Gasteiger partial charge in [0.1, 0.15) is 17.5 Å². The van der Waals surface area contributed by atoms with Crippen LogP contribution in [0.1, 0.15) is 51.7 Å². The van der Waals surface area contributed by atoms with Gasteiger partial charge in [-0.3, -0.25) is 0 Å². The number of rotatable bonds is 10. The van der Waals surface area contributed by atoms with Gasteiger partial charge in [-0.05, 0) is 65.8 Å². The highest BCUT2D eigenvalue weighted by Crippen LogP contribution is 2.52. The molecule has 3 rings (SSSR count). The number of allylic oxidation sites excluding steroid dienone is 1. The molecule has 1 aliphatic rings. The summed E-state index contributed by atoms with van der Waals surface area (Å²) in [5.41, 5.74) is -0.272. The van der Waals surface area contributed by atoms with E-state index in [2.05, 4.69) is 24.1 Å². The lowest BCUT2D eigenvalue weighted by molar-refractivity contribution is 0.173. The molecule has 1 fully saturated rings. The normalized spacial score (nSPS) is 23.0. The van der Waals surface area contributed by atoms with E-state index in [0.29, 0.717) is 5.56 Å². The monoisotopic (exact) mass is 535 g/mol. The van der Waals surface area contributed by atoms with Gasteiger partial charge < -0.3 is 0 Å². The van der Waals surface area contributed by atoms with Crippen molar-refractivity contribution in [3.05, 3.63) is 77.1 Å². The zero-order valence-electron chi connectivity index (χ0n) is 22.1. The van der Waals surface area contributed by atoms with E-state index in [1.165, 1.54) is 47.8 Å². The highest BCUT2D eigenvalue weighted by molar-refractivity contribution is 7.88. The summed E-state index contributed by atoms with van der Waals surface area (Å²) >= 11 is 0. The third-order valence-corrected chi connectivity index (χ3v) is 9.33. The van der Waals surface area contributed by atoms with Crippen LogP contribution in [-0.2, 0) is 15.8 Å². The molecule has 3 atom stereocenters. The van der Waals surface area contributed by atoms with Gasteiger partial charge in [-0.2, -0.15) is 10.2 Å². The maximum atomic E-state index is 14.7. The summed E-state index contributed by atoms with van der Waals surface area (Å²) in [5, 5.41) is 7.90. The minimum atomic E-state index is -3.75. The second-order valence-electron chi connectivity index (χ2n) is 10.4. The van der Waals surface area contributed by atoms with Crippen molar-refractivity contribution in [2.24, 2.45) is 33.4 Å². The van der Waals surface area contributed by atoms with Gasteiger partial charge in [-0.15, -0.1) is 0 Å². The molecule has 1 saturated carbocycles. The van der Waals surface area contributed by atoms with Crippen molar-refractivity contribution >= 4 is 15.7 Å². The number of hydrogen-bond donors (Lipinski definition) is 0. The minimum absolute atomic E-state index is 0.104. The summed E-state index contributed by atoms with van der Waals surface area (Å²) in [6.07, 6.45) is 3.35. The molecule has 2 aromatic rings. The fourth-order valence-corrected chi connectivity index (χ4v) is 7.21. The molecule has 0 radical (unpaired) electrons. The molecule has 0 aromatic heterocycles. The number of halogens is 3. The Morgan fingerprint density at radius 3 is 2.38 bits per heavy atom. The Hall–Kier alpha value is -2.52. The molecule has 5 nitrogen and oxygen atoms in total. The second kappa shape index (κ2) is 11.9. The predicted molar refractivity (Wildman–Crippen MR) is 141 cm³/mol. The average Bonchev–Trinajstić information content (AvgIpc) is 3.13. The first-order valence-corrected chi connectivity index (χ1v) is 14.2. The van der Waals surface area contributed by atoms with Gasteiger partial charge >= 0.3 is 0 Å². The molecule has 37 heavy (non-hydrogen) atoms. The molecule has 9 heteroatoms. The zero-order chi connectivity index (χ0) is 27.4.